The summed E-state index contributed by atoms with van der Waals surface area (Å²) in [6.45, 7) is 5.83. The van der Waals surface area contributed by atoms with Gasteiger partial charge in [-0.25, -0.2) is 4.79 Å². The third-order valence-corrected chi connectivity index (χ3v) is 2.24. The first kappa shape index (κ1) is 14.5. The number of carbonyl (C=O) groups excluding carboxylic acids is 1. The first-order chi connectivity index (χ1) is 8.31. The number of nitrogens with one attached hydrogen (secondary N) is 1. The average Bonchev–Trinajstić information content (AvgIpc) is 2.26. The van der Waals surface area contributed by atoms with Gasteiger partial charge in [-0.15, -0.1) is 0 Å². The van der Waals surface area contributed by atoms with Gasteiger partial charge in [0.05, 0.1) is 0 Å². The lowest BCUT2D eigenvalue weighted by molar-refractivity contribution is 0.0636. The van der Waals surface area contributed by atoms with Crippen LogP contribution in [0.2, 0.25) is 0 Å². The van der Waals surface area contributed by atoms with E-state index in [1.807, 2.05) is 32.9 Å². The van der Waals surface area contributed by atoms with Gasteiger partial charge in [0.15, 0.2) is 0 Å². The molecule has 0 aliphatic heterocycles. The molecule has 1 aromatic rings. The number of hydrogen-bond donors (Lipinski definition) is 3. The number of benzene rings is 1. The van der Waals surface area contributed by atoms with Crippen molar-refractivity contribution in [1.82, 2.24) is 0 Å². The summed E-state index contributed by atoms with van der Waals surface area (Å²) < 4.78 is 5.15. The van der Waals surface area contributed by atoms with E-state index >= 15 is 0 Å². The van der Waals surface area contributed by atoms with Crippen molar-refractivity contribution in [3.8, 4) is 0 Å². The molecule has 1 rings (SSSR count). The zero-order valence-electron chi connectivity index (χ0n) is 11.1. The van der Waals surface area contributed by atoms with Gasteiger partial charge in [-0.3, -0.25) is 5.32 Å². The maximum Gasteiger partial charge on any atom is 0.412 e. The van der Waals surface area contributed by atoms with Crippen LogP contribution in [-0.2, 0) is 4.74 Å². The molecule has 0 unspecified atom stereocenters. The first-order valence-electron chi connectivity index (χ1n) is 5.87. The molecule has 18 heavy (non-hydrogen) atoms. The first-order valence-corrected chi connectivity index (χ1v) is 5.87. The highest BCUT2D eigenvalue weighted by molar-refractivity contribution is 5.84. The molecule has 100 valence electrons. The quantitative estimate of drug-likeness (QED) is 0.766. The Labute approximate surface area is 107 Å². The van der Waals surface area contributed by atoms with E-state index in [9.17, 15) is 4.79 Å². The van der Waals surface area contributed by atoms with Gasteiger partial charge in [0.25, 0.3) is 0 Å². The molecular formula is C13H21N3O2. The molecular weight excluding hydrogens is 230 g/mol. The molecule has 0 bridgehead atoms. The van der Waals surface area contributed by atoms with Gasteiger partial charge < -0.3 is 16.2 Å². The van der Waals surface area contributed by atoms with Crippen molar-refractivity contribution in [2.24, 2.45) is 11.5 Å². The number of carbonyl (C=O) groups is 1. The maximum absolute atomic E-state index is 11.5. The molecule has 5 nitrogen and oxygen atoms in total. The summed E-state index contributed by atoms with van der Waals surface area (Å²) in [5.74, 6) is 0. The molecule has 0 saturated heterocycles. The minimum Gasteiger partial charge on any atom is -0.444 e. The fourth-order valence-electron chi connectivity index (χ4n) is 1.37. The topological polar surface area (TPSA) is 90.4 Å². The molecule has 0 fully saturated rings. The highest BCUT2D eigenvalue weighted by Gasteiger charge is 2.16. The lowest BCUT2D eigenvalue weighted by Crippen LogP contribution is -2.27. The van der Waals surface area contributed by atoms with Gasteiger partial charge in [-0.1, -0.05) is 12.1 Å². The third kappa shape index (κ3) is 4.73. The Hall–Kier alpha value is -1.59. The number of hydrogen-bond acceptors (Lipinski definition) is 4. The van der Waals surface area contributed by atoms with Crippen LogP contribution >= 0.6 is 0 Å². The molecule has 0 radical (unpaired) electrons. The van der Waals surface area contributed by atoms with E-state index in [0.717, 1.165) is 5.56 Å². The molecule has 0 aliphatic rings. The summed E-state index contributed by atoms with van der Waals surface area (Å²) in [6, 6.07) is 7.04. The van der Waals surface area contributed by atoms with E-state index in [4.69, 9.17) is 16.2 Å². The number of anilines is 1. The third-order valence-electron chi connectivity index (χ3n) is 2.24. The summed E-state index contributed by atoms with van der Waals surface area (Å²) in [6.07, 6.45) is -0.474. The van der Waals surface area contributed by atoms with Gasteiger partial charge in [0.1, 0.15) is 5.60 Å². The Balaban J connectivity index is 2.61. The molecule has 1 amide bonds. The van der Waals surface area contributed by atoms with E-state index in [-0.39, 0.29) is 6.04 Å². The van der Waals surface area contributed by atoms with Gasteiger partial charge in [0, 0.05) is 18.3 Å². The van der Waals surface area contributed by atoms with Crippen molar-refractivity contribution >= 4 is 11.8 Å². The van der Waals surface area contributed by atoms with Crippen molar-refractivity contribution in [3.63, 3.8) is 0 Å². The van der Waals surface area contributed by atoms with Crippen LogP contribution in [-0.4, -0.2) is 18.2 Å². The Morgan fingerprint density at radius 1 is 1.33 bits per heavy atom. The number of nitrogens with two attached hydrogens (primary N) is 2. The highest BCUT2D eigenvalue weighted by Crippen LogP contribution is 2.15. The zero-order valence-corrected chi connectivity index (χ0v) is 11.1. The molecule has 0 saturated carbocycles. The highest BCUT2D eigenvalue weighted by atomic mass is 16.6. The van der Waals surface area contributed by atoms with Crippen LogP contribution in [0, 0.1) is 0 Å². The predicted molar refractivity (Wildman–Crippen MR) is 72.3 cm³/mol. The second kappa shape index (κ2) is 5.84. The summed E-state index contributed by atoms with van der Waals surface area (Å²) in [7, 11) is 0. The summed E-state index contributed by atoms with van der Waals surface area (Å²) >= 11 is 0. The van der Waals surface area contributed by atoms with E-state index in [1.165, 1.54) is 0 Å². The smallest absolute Gasteiger partial charge is 0.412 e. The van der Waals surface area contributed by atoms with Crippen molar-refractivity contribution in [2.75, 3.05) is 11.9 Å². The Kier molecular flexibility index (Phi) is 4.69. The second-order valence-electron chi connectivity index (χ2n) is 5.09. The Morgan fingerprint density at radius 3 is 2.33 bits per heavy atom. The fraction of sp³-hybridized carbons (Fsp3) is 0.462. The summed E-state index contributed by atoms with van der Waals surface area (Å²) in [5.41, 5.74) is 12.4. The lowest BCUT2D eigenvalue weighted by atomic mass is 10.1. The monoisotopic (exact) mass is 251 g/mol. The van der Waals surface area contributed by atoms with Gasteiger partial charge in [-0.05, 0) is 38.5 Å². The predicted octanol–water partition coefficient (Wildman–Crippen LogP) is 1.99. The SMILES string of the molecule is CC(C)(C)OC(=O)Nc1ccc([C@@H](N)CN)cc1. The minimum atomic E-state index is -0.508. The lowest BCUT2D eigenvalue weighted by Gasteiger charge is -2.19. The number of amides is 1. The zero-order chi connectivity index (χ0) is 13.8. The molecule has 1 aromatic carbocycles. The molecule has 0 heterocycles. The second-order valence-corrected chi connectivity index (χ2v) is 5.09. The molecule has 0 aliphatic carbocycles. The van der Waals surface area contributed by atoms with Crippen molar-refractivity contribution in [2.45, 2.75) is 32.4 Å². The van der Waals surface area contributed by atoms with Crippen molar-refractivity contribution in [3.05, 3.63) is 29.8 Å². The van der Waals surface area contributed by atoms with E-state index < -0.39 is 11.7 Å². The van der Waals surface area contributed by atoms with E-state index in [2.05, 4.69) is 5.32 Å². The van der Waals surface area contributed by atoms with Crippen LogP contribution in [0.1, 0.15) is 32.4 Å². The van der Waals surface area contributed by atoms with Crippen LogP contribution in [0.5, 0.6) is 0 Å². The normalized spacial score (nSPS) is 12.9. The van der Waals surface area contributed by atoms with Crippen LogP contribution in [0.15, 0.2) is 24.3 Å². The molecule has 1 atom stereocenters. The van der Waals surface area contributed by atoms with E-state index in [1.54, 1.807) is 12.1 Å². The molecule has 5 heteroatoms. The van der Waals surface area contributed by atoms with E-state index in [0.29, 0.717) is 12.2 Å². The molecule has 5 N–H and O–H groups in total. The van der Waals surface area contributed by atoms with Crippen molar-refractivity contribution in [1.29, 1.82) is 0 Å². The van der Waals surface area contributed by atoms with Gasteiger partial charge >= 0.3 is 6.09 Å². The van der Waals surface area contributed by atoms with Crippen LogP contribution in [0.4, 0.5) is 10.5 Å². The average molecular weight is 251 g/mol. The molecule has 0 aromatic heterocycles. The Bertz CT molecular complexity index is 396. The van der Waals surface area contributed by atoms with Gasteiger partial charge in [0.2, 0.25) is 0 Å². The summed E-state index contributed by atoms with van der Waals surface area (Å²) in [4.78, 5) is 11.5. The maximum atomic E-state index is 11.5. The van der Waals surface area contributed by atoms with Crippen LogP contribution in [0.25, 0.3) is 0 Å². The fourth-order valence-corrected chi connectivity index (χ4v) is 1.37. The molecule has 0 spiro atoms. The standard InChI is InChI=1S/C13H21N3O2/c1-13(2,3)18-12(17)16-10-6-4-9(5-7-10)11(15)8-14/h4-7,11H,8,14-15H2,1-3H3,(H,16,17)/t11-/m0/s1. The Morgan fingerprint density at radius 2 is 1.89 bits per heavy atom. The number of rotatable bonds is 3. The van der Waals surface area contributed by atoms with Crippen LogP contribution < -0.4 is 16.8 Å². The van der Waals surface area contributed by atoms with Gasteiger partial charge in [-0.2, -0.15) is 0 Å². The van der Waals surface area contributed by atoms with Crippen molar-refractivity contribution < 1.29 is 9.53 Å². The minimum absolute atomic E-state index is 0.180. The van der Waals surface area contributed by atoms with Crippen LogP contribution in [0.3, 0.4) is 0 Å². The number of ether oxygens (including phenoxy) is 1. The summed E-state index contributed by atoms with van der Waals surface area (Å²) in [5, 5.41) is 2.65. The largest absolute Gasteiger partial charge is 0.444 e.